The van der Waals surface area contributed by atoms with Gasteiger partial charge in [-0.3, -0.25) is 14.9 Å². The molecule has 0 saturated carbocycles. The van der Waals surface area contributed by atoms with Gasteiger partial charge in [0.05, 0.1) is 11.7 Å². The highest BCUT2D eigenvalue weighted by Gasteiger charge is 2.26. The van der Waals surface area contributed by atoms with Gasteiger partial charge in [0.2, 0.25) is 0 Å². The summed E-state index contributed by atoms with van der Waals surface area (Å²) in [6.45, 7) is 2.15. The molecule has 0 bridgehead atoms. The molecule has 1 aliphatic heterocycles. The van der Waals surface area contributed by atoms with E-state index in [0.717, 1.165) is 13.1 Å². The lowest BCUT2D eigenvalue weighted by atomic mass is 10.1. The van der Waals surface area contributed by atoms with Crippen molar-refractivity contribution in [2.24, 2.45) is 0 Å². The first-order chi connectivity index (χ1) is 8.93. The van der Waals surface area contributed by atoms with Gasteiger partial charge in [-0.15, -0.1) is 0 Å². The van der Waals surface area contributed by atoms with Gasteiger partial charge in [0, 0.05) is 25.1 Å². The van der Waals surface area contributed by atoms with Crippen molar-refractivity contribution in [3.63, 3.8) is 0 Å². The highest BCUT2D eigenvalue weighted by Crippen LogP contribution is 2.31. The Morgan fingerprint density at radius 1 is 1.11 bits per heavy atom. The average Bonchev–Trinajstić information content (AvgIpc) is 2.89. The van der Waals surface area contributed by atoms with Crippen LogP contribution in [0.4, 0.5) is 0 Å². The first-order valence-corrected chi connectivity index (χ1v) is 6.47. The van der Waals surface area contributed by atoms with Gasteiger partial charge in [0.15, 0.2) is 0 Å². The minimum absolute atomic E-state index is 0.472. The minimum atomic E-state index is 0.472. The molecule has 0 spiro atoms. The molecule has 3 heteroatoms. The quantitative estimate of drug-likeness (QED) is 0.824. The maximum Gasteiger partial charge on any atom is 0.0575 e. The van der Waals surface area contributed by atoms with Crippen molar-refractivity contribution in [3.05, 3.63) is 60.2 Å². The lowest BCUT2D eigenvalue weighted by Crippen LogP contribution is -2.23. The van der Waals surface area contributed by atoms with E-state index in [-0.39, 0.29) is 0 Å². The van der Waals surface area contributed by atoms with Crippen LogP contribution < -0.4 is 0 Å². The molecule has 1 atom stereocenters. The van der Waals surface area contributed by atoms with Gasteiger partial charge >= 0.3 is 0 Å². The summed E-state index contributed by atoms with van der Waals surface area (Å²) >= 11 is 0. The van der Waals surface area contributed by atoms with E-state index >= 15 is 0 Å². The predicted molar refractivity (Wildman–Crippen MR) is 70.9 cm³/mol. The monoisotopic (exact) mass is 239 g/mol. The van der Waals surface area contributed by atoms with Crippen LogP contribution in [-0.2, 0) is 6.54 Å². The van der Waals surface area contributed by atoms with Crippen molar-refractivity contribution in [3.8, 4) is 0 Å². The van der Waals surface area contributed by atoms with Crippen LogP contribution in [0.3, 0.4) is 0 Å². The van der Waals surface area contributed by atoms with Crippen LogP contribution in [-0.4, -0.2) is 21.4 Å². The number of aromatic nitrogens is 2. The summed E-state index contributed by atoms with van der Waals surface area (Å²) in [6.07, 6.45) is 8.08. The van der Waals surface area contributed by atoms with Crippen LogP contribution in [0.25, 0.3) is 0 Å². The summed E-state index contributed by atoms with van der Waals surface area (Å²) in [4.78, 5) is 11.1. The Balaban J connectivity index is 1.76. The zero-order chi connectivity index (χ0) is 12.2. The lowest BCUT2D eigenvalue weighted by Gasteiger charge is -2.23. The van der Waals surface area contributed by atoms with Gasteiger partial charge in [-0.25, -0.2) is 0 Å². The molecule has 1 aliphatic rings. The first-order valence-electron chi connectivity index (χ1n) is 6.47. The molecule has 0 amide bonds. The van der Waals surface area contributed by atoms with Gasteiger partial charge in [-0.05, 0) is 49.2 Å². The van der Waals surface area contributed by atoms with Crippen molar-refractivity contribution in [2.75, 3.05) is 6.54 Å². The number of rotatable bonds is 3. The van der Waals surface area contributed by atoms with Crippen LogP contribution in [0, 0.1) is 0 Å². The fourth-order valence-electron chi connectivity index (χ4n) is 2.65. The van der Waals surface area contributed by atoms with E-state index in [1.165, 1.54) is 24.1 Å². The molecule has 18 heavy (non-hydrogen) atoms. The predicted octanol–water partition coefficient (Wildman–Crippen LogP) is 2.81. The Kier molecular flexibility index (Phi) is 3.33. The van der Waals surface area contributed by atoms with Gasteiger partial charge in [0.25, 0.3) is 0 Å². The molecular formula is C15H17N3. The maximum atomic E-state index is 4.50. The number of hydrogen-bond acceptors (Lipinski definition) is 3. The Hall–Kier alpha value is -1.74. The largest absolute Gasteiger partial charge is 0.291 e. The highest BCUT2D eigenvalue weighted by molar-refractivity contribution is 5.14. The third-order valence-electron chi connectivity index (χ3n) is 3.53. The lowest BCUT2D eigenvalue weighted by molar-refractivity contribution is 0.244. The SMILES string of the molecule is c1ccc(C2CCCN2Cc2ccncc2)nc1. The third kappa shape index (κ3) is 2.41. The highest BCUT2D eigenvalue weighted by atomic mass is 15.2. The summed E-state index contributed by atoms with van der Waals surface area (Å²) in [5.41, 5.74) is 2.52. The van der Waals surface area contributed by atoms with E-state index in [2.05, 4.69) is 39.1 Å². The van der Waals surface area contributed by atoms with Gasteiger partial charge in [-0.2, -0.15) is 0 Å². The molecule has 2 aromatic heterocycles. The van der Waals surface area contributed by atoms with Crippen LogP contribution in [0.15, 0.2) is 48.9 Å². The van der Waals surface area contributed by atoms with E-state index in [1.54, 1.807) is 0 Å². The second-order valence-electron chi connectivity index (χ2n) is 4.74. The molecule has 3 heterocycles. The topological polar surface area (TPSA) is 29.0 Å². The third-order valence-corrected chi connectivity index (χ3v) is 3.53. The second-order valence-corrected chi connectivity index (χ2v) is 4.74. The van der Waals surface area contributed by atoms with E-state index in [4.69, 9.17) is 0 Å². The fourth-order valence-corrected chi connectivity index (χ4v) is 2.65. The first kappa shape index (κ1) is 11.4. The number of hydrogen-bond donors (Lipinski definition) is 0. The Morgan fingerprint density at radius 2 is 2.00 bits per heavy atom. The second kappa shape index (κ2) is 5.27. The van der Waals surface area contributed by atoms with Gasteiger partial charge in [-0.1, -0.05) is 6.07 Å². The molecular weight excluding hydrogens is 222 g/mol. The molecule has 3 nitrogen and oxygen atoms in total. The zero-order valence-corrected chi connectivity index (χ0v) is 10.4. The summed E-state index contributed by atoms with van der Waals surface area (Å²) in [5, 5.41) is 0. The van der Waals surface area contributed by atoms with E-state index in [9.17, 15) is 0 Å². The van der Waals surface area contributed by atoms with E-state index < -0.39 is 0 Å². The van der Waals surface area contributed by atoms with Crippen molar-refractivity contribution >= 4 is 0 Å². The van der Waals surface area contributed by atoms with Crippen LogP contribution in [0.1, 0.15) is 30.1 Å². The van der Waals surface area contributed by atoms with Crippen LogP contribution in [0.5, 0.6) is 0 Å². The molecule has 0 radical (unpaired) electrons. The average molecular weight is 239 g/mol. The zero-order valence-electron chi connectivity index (χ0n) is 10.4. The summed E-state index contributed by atoms with van der Waals surface area (Å²) < 4.78 is 0. The molecule has 1 fully saturated rings. The van der Waals surface area contributed by atoms with Crippen molar-refractivity contribution in [1.82, 2.24) is 14.9 Å². The summed E-state index contributed by atoms with van der Waals surface area (Å²) in [7, 11) is 0. The van der Waals surface area contributed by atoms with Gasteiger partial charge in [0.1, 0.15) is 0 Å². The van der Waals surface area contributed by atoms with Crippen molar-refractivity contribution in [1.29, 1.82) is 0 Å². The molecule has 1 saturated heterocycles. The fraction of sp³-hybridized carbons (Fsp3) is 0.333. The molecule has 92 valence electrons. The Morgan fingerprint density at radius 3 is 2.78 bits per heavy atom. The van der Waals surface area contributed by atoms with Crippen molar-refractivity contribution < 1.29 is 0 Å². The molecule has 3 rings (SSSR count). The molecule has 0 aromatic carbocycles. The van der Waals surface area contributed by atoms with Crippen LogP contribution >= 0.6 is 0 Å². The molecule has 0 aliphatic carbocycles. The number of nitrogens with zero attached hydrogens (tertiary/aromatic N) is 3. The standard InChI is InChI=1S/C15H17N3/c1-2-8-17-14(4-1)15-5-3-11-18(15)12-13-6-9-16-10-7-13/h1-2,4,6-10,15H,3,5,11-12H2. The molecule has 1 unspecified atom stereocenters. The number of pyridine rings is 2. The Labute approximate surface area is 108 Å². The number of likely N-dealkylation sites (tertiary alicyclic amines) is 1. The summed E-state index contributed by atoms with van der Waals surface area (Å²) in [6, 6.07) is 10.8. The summed E-state index contributed by atoms with van der Waals surface area (Å²) in [5.74, 6) is 0. The van der Waals surface area contributed by atoms with Gasteiger partial charge < -0.3 is 0 Å². The smallest absolute Gasteiger partial charge is 0.0575 e. The van der Waals surface area contributed by atoms with Crippen molar-refractivity contribution in [2.45, 2.75) is 25.4 Å². The molecule has 0 N–H and O–H groups in total. The molecule has 2 aromatic rings. The van der Waals surface area contributed by atoms with E-state index in [0.29, 0.717) is 6.04 Å². The minimum Gasteiger partial charge on any atom is -0.291 e. The van der Waals surface area contributed by atoms with Crippen LogP contribution in [0.2, 0.25) is 0 Å². The van der Waals surface area contributed by atoms with E-state index in [1.807, 2.05) is 24.7 Å². The Bertz CT molecular complexity index is 484. The normalized spacial score (nSPS) is 20.1. The maximum absolute atomic E-state index is 4.50.